The van der Waals surface area contributed by atoms with Crippen molar-refractivity contribution >= 4 is 45.8 Å². The number of halogens is 1. The second-order valence-corrected chi connectivity index (χ2v) is 8.34. The maximum absolute atomic E-state index is 12.7. The number of anilines is 1. The summed E-state index contributed by atoms with van der Waals surface area (Å²) in [4.78, 5) is 26.7. The molecule has 3 heterocycles. The predicted octanol–water partition coefficient (Wildman–Crippen LogP) is 3.30. The first kappa shape index (κ1) is 17.6. The van der Waals surface area contributed by atoms with Crippen LogP contribution < -0.4 is 4.90 Å². The number of rotatable bonds is 5. The summed E-state index contributed by atoms with van der Waals surface area (Å²) in [6.45, 7) is 4.62. The van der Waals surface area contributed by atoms with Crippen molar-refractivity contribution in [3.63, 3.8) is 0 Å². The van der Waals surface area contributed by atoms with E-state index >= 15 is 0 Å². The molecule has 0 radical (unpaired) electrons. The standard InChI is InChI=1S/C17H21IN4OS/c1-3-15-14(5-7-24-15)16(23)22-6-4-12(11-22)10-21(2)17-19-8-13(18)9-20-17/h5,7-9,12H,3-4,6,10-11H2,1-2H3. The second-order valence-electron chi connectivity index (χ2n) is 6.10. The molecule has 1 saturated heterocycles. The number of aryl methyl sites for hydroxylation is 1. The van der Waals surface area contributed by atoms with Crippen LogP contribution in [0.25, 0.3) is 0 Å². The normalized spacial score (nSPS) is 17.3. The van der Waals surface area contributed by atoms with Crippen LogP contribution in [0.2, 0.25) is 0 Å². The van der Waals surface area contributed by atoms with Gasteiger partial charge in [0.05, 0.1) is 5.56 Å². The summed E-state index contributed by atoms with van der Waals surface area (Å²) in [5, 5.41) is 2.02. The molecule has 7 heteroatoms. The second kappa shape index (κ2) is 7.77. The predicted molar refractivity (Wildman–Crippen MR) is 106 cm³/mol. The number of thiophene rings is 1. The first-order chi connectivity index (χ1) is 11.6. The highest BCUT2D eigenvalue weighted by molar-refractivity contribution is 14.1. The smallest absolute Gasteiger partial charge is 0.254 e. The molecule has 1 unspecified atom stereocenters. The fourth-order valence-corrected chi connectivity index (χ4v) is 4.21. The molecule has 2 aromatic heterocycles. The molecule has 128 valence electrons. The van der Waals surface area contributed by atoms with E-state index < -0.39 is 0 Å². The number of aromatic nitrogens is 2. The van der Waals surface area contributed by atoms with Crippen molar-refractivity contribution in [2.75, 3.05) is 31.6 Å². The van der Waals surface area contributed by atoms with Gasteiger partial charge >= 0.3 is 0 Å². The van der Waals surface area contributed by atoms with Crippen molar-refractivity contribution in [1.29, 1.82) is 0 Å². The molecule has 0 bridgehead atoms. The van der Waals surface area contributed by atoms with Gasteiger partial charge in [-0.3, -0.25) is 4.79 Å². The van der Waals surface area contributed by atoms with Crippen LogP contribution in [0.3, 0.4) is 0 Å². The minimum absolute atomic E-state index is 0.184. The van der Waals surface area contributed by atoms with Crippen LogP contribution in [-0.4, -0.2) is 47.5 Å². The zero-order valence-electron chi connectivity index (χ0n) is 13.9. The zero-order valence-corrected chi connectivity index (χ0v) is 16.9. The first-order valence-corrected chi connectivity index (χ1v) is 10.1. The summed E-state index contributed by atoms with van der Waals surface area (Å²) < 4.78 is 1.03. The number of nitrogens with zero attached hydrogens (tertiary/aromatic N) is 4. The summed E-state index contributed by atoms with van der Waals surface area (Å²) in [7, 11) is 2.01. The SMILES string of the molecule is CCc1sccc1C(=O)N1CCC(CN(C)c2ncc(I)cn2)C1. The largest absolute Gasteiger partial charge is 0.344 e. The van der Waals surface area contributed by atoms with E-state index in [9.17, 15) is 4.79 Å². The fraction of sp³-hybridized carbons (Fsp3) is 0.471. The molecule has 1 atom stereocenters. The fourth-order valence-electron chi connectivity index (χ4n) is 3.11. The lowest BCUT2D eigenvalue weighted by molar-refractivity contribution is 0.0787. The average Bonchev–Trinajstić information content (AvgIpc) is 3.23. The van der Waals surface area contributed by atoms with E-state index in [1.165, 1.54) is 4.88 Å². The lowest BCUT2D eigenvalue weighted by Crippen LogP contribution is -2.32. The van der Waals surface area contributed by atoms with Gasteiger partial charge in [0.15, 0.2) is 0 Å². The highest BCUT2D eigenvalue weighted by atomic mass is 127. The van der Waals surface area contributed by atoms with Gasteiger partial charge in [0.1, 0.15) is 0 Å². The van der Waals surface area contributed by atoms with E-state index in [0.29, 0.717) is 5.92 Å². The summed E-state index contributed by atoms with van der Waals surface area (Å²) in [5.74, 6) is 1.39. The lowest BCUT2D eigenvalue weighted by Gasteiger charge is -2.21. The third-order valence-corrected chi connectivity index (χ3v) is 5.97. The van der Waals surface area contributed by atoms with Crippen LogP contribution in [-0.2, 0) is 6.42 Å². The van der Waals surface area contributed by atoms with Crippen LogP contribution in [0.15, 0.2) is 23.8 Å². The van der Waals surface area contributed by atoms with E-state index in [0.717, 1.165) is 47.6 Å². The first-order valence-electron chi connectivity index (χ1n) is 8.12. The van der Waals surface area contributed by atoms with Crippen LogP contribution in [0.4, 0.5) is 5.95 Å². The third kappa shape index (κ3) is 3.88. The maximum Gasteiger partial charge on any atom is 0.254 e. The Bertz CT molecular complexity index is 703. The molecule has 5 nitrogen and oxygen atoms in total. The van der Waals surface area contributed by atoms with E-state index in [1.807, 2.05) is 35.8 Å². The Kier molecular flexibility index (Phi) is 5.70. The van der Waals surface area contributed by atoms with Crippen molar-refractivity contribution in [1.82, 2.24) is 14.9 Å². The molecule has 3 rings (SSSR count). The zero-order chi connectivity index (χ0) is 17.1. The number of carbonyl (C=O) groups is 1. The average molecular weight is 456 g/mol. The van der Waals surface area contributed by atoms with Crippen LogP contribution in [0.1, 0.15) is 28.6 Å². The van der Waals surface area contributed by atoms with Crippen LogP contribution in [0.5, 0.6) is 0 Å². The molecule has 2 aromatic rings. The highest BCUT2D eigenvalue weighted by Gasteiger charge is 2.29. The van der Waals surface area contributed by atoms with Crippen LogP contribution >= 0.6 is 33.9 Å². The van der Waals surface area contributed by atoms with Crippen molar-refractivity contribution in [3.8, 4) is 0 Å². The number of hydrogen-bond acceptors (Lipinski definition) is 5. The van der Waals surface area contributed by atoms with E-state index in [1.54, 1.807) is 11.3 Å². The van der Waals surface area contributed by atoms with Crippen molar-refractivity contribution in [3.05, 3.63) is 37.9 Å². The molecular weight excluding hydrogens is 435 g/mol. The van der Waals surface area contributed by atoms with Crippen molar-refractivity contribution < 1.29 is 4.79 Å². The summed E-state index contributed by atoms with van der Waals surface area (Å²) >= 11 is 3.88. The quantitative estimate of drug-likeness (QED) is 0.648. The molecular formula is C17H21IN4OS. The Morgan fingerprint density at radius 1 is 1.46 bits per heavy atom. The Labute approximate surface area is 160 Å². The number of likely N-dealkylation sites (tertiary alicyclic amines) is 1. The van der Waals surface area contributed by atoms with Gasteiger partial charge in [-0.25, -0.2) is 9.97 Å². The van der Waals surface area contributed by atoms with Gasteiger partial charge in [-0.2, -0.15) is 0 Å². The summed E-state index contributed by atoms with van der Waals surface area (Å²) in [5.41, 5.74) is 0.887. The maximum atomic E-state index is 12.7. The van der Waals surface area contributed by atoms with E-state index in [-0.39, 0.29) is 5.91 Å². The molecule has 1 aliphatic rings. The molecule has 1 aliphatic heterocycles. The van der Waals surface area contributed by atoms with Gasteiger partial charge in [0.2, 0.25) is 5.95 Å². The van der Waals surface area contributed by atoms with Gasteiger partial charge < -0.3 is 9.80 Å². The number of hydrogen-bond donors (Lipinski definition) is 0. The van der Waals surface area contributed by atoms with Gasteiger partial charge in [0, 0.05) is 47.5 Å². The molecule has 1 amide bonds. The molecule has 0 spiro atoms. The minimum atomic E-state index is 0.184. The monoisotopic (exact) mass is 456 g/mol. The Balaban J connectivity index is 1.59. The molecule has 1 fully saturated rings. The topological polar surface area (TPSA) is 49.3 Å². The van der Waals surface area contributed by atoms with Gasteiger partial charge in [0.25, 0.3) is 5.91 Å². The Morgan fingerprint density at radius 2 is 2.21 bits per heavy atom. The summed E-state index contributed by atoms with van der Waals surface area (Å²) in [6.07, 6.45) is 5.61. The molecule has 0 aromatic carbocycles. The molecule has 24 heavy (non-hydrogen) atoms. The summed E-state index contributed by atoms with van der Waals surface area (Å²) in [6, 6.07) is 1.96. The Hall–Kier alpha value is -1.22. The number of carbonyl (C=O) groups excluding carboxylic acids is 1. The van der Waals surface area contributed by atoms with Gasteiger partial charge in [-0.05, 0) is 52.8 Å². The van der Waals surface area contributed by atoms with E-state index in [4.69, 9.17) is 0 Å². The van der Waals surface area contributed by atoms with Crippen molar-refractivity contribution in [2.24, 2.45) is 5.92 Å². The van der Waals surface area contributed by atoms with Crippen LogP contribution in [0, 0.1) is 9.49 Å². The number of amides is 1. The van der Waals surface area contributed by atoms with Gasteiger partial charge in [-0.15, -0.1) is 11.3 Å². The molecule has 0 saturated carbocycles. The van der Waals surface area contributed by atoms with Crippen molar-refractivity contribution in [2.45, 2.75) is 19.8 Å². The third-order valence-electron chi connectivity index (χ3n) is 4.35. The minimum Gasteiger partial charge on any atom is -0.344 e. The molecule has 0 N–H and O–H groups in total. The molecule has 0 aliphatic carbocycles. The van der Waals surface area contributed by atoms with Gasteiger partial charge in [-0.1, -0.05) is 6.92 Å². The highest BCUT2D eigenvalue weighted by Crippen LogP contribution is 2.24. The lowest BCUT2D eigenvalue weighted by atomic mass is 10.1. The van der Waals surface area contributed by atoms with E-state index in [2.05, 4.69) is 44.4 Å². The Morgan fingerprint density at radius 3 is 2.92 bits per heavy atom.